The second-order valence-electron chi connectivity index (χ2n) is 7.85. The van der Waals surface area contributed by atoms with Crippen molar-refractivity contribution in [1.29, 1.82) is 0 Å². The lowest BCUT2D eigenvalue weighted by Gasteiger charge is -2.31. The maximum atomic E-state index is 12.7. The molecule has 0 aliphatic carbocycles. The lowest BCUT2D eigenvalue weighted by molar-refractivity contribution is -0.126. The van der Waals surface area contributed by atoms with Crippen molar-refractivity contribution >= 4 is 29.0 Å². The van der Waals surface area contributed by atoms with E-state index in [1.54, 1.807) is 16.2 Å². The van der Waals surface area contributed by atoms with Gasteiger partial charge in [-0.1, -0.05) is 42.5 Å². The van der Waals surface area contributed by atoms with Gasteiger partial charge in [0.2, 0.25) is 5.91 Å². The number of hydrogen-bond acceptors (Lipinski definition) is 5. The highest BCUT2D eigenvalue weighted by Gasteiger charge is 2.27. The van der Waals surface area contributed by atoms with Gasteiger partial charge in [-0.2, -0.15) is 0 Å². The van der Waals surface area contributed by atoms with Crippen LogP contribution in [0.5, 0.6) is 5.75 Å². The van der Waals surface area contributed by atoms with E-state index in [2.05, 4.69) is 15.6 Å². The van der Waals surface area contributed by atoms with Crippen molar-refractivity contribution in [2.24, 2.45) is 5.92 Å². The minimum Gasteiger partial charge on any atom is -0.492 e. The average molecular weight is 465 g/mol. The summed E-state index contributed by atoms with van der Waals surface area (Å²) in [5.41, 5.74) is 2.59. The predicted molar refractivity (Wildman–Crippen MR) is 130 cm³/mol. The molecular weight excluding hydrogens is 436 g/mol. The number of anilines is 1. The molecule has 0 bridgehead atoms. The third-order valence-corrected chi connectivity index (χ3v) is 6.54. The minimum absolute atomic E-state index is 0.0195. The number of hydrogen-bond donors (Lipinski definition) is 2. The van der Waals surface area contributed by atoms with E-state index in [0.29, 0.717) is 50.5 Å². The molecule has 3 amide bonds. The van der Waals surface area contributed by atoms with Crippen molar-refractivity contribution in [2.75, 3.05) is 25.0 Å². The molecule has 2 N–H and O–H groups in total. The van der Waals surface area contributed by atoms with Gasteiger partial charge >= 0.3 is 6.03 Å². The molecule has 2 heterocycles. The van der Waals surface area contributed by atoms with Crippen LogP contribution in [-0.2, 0) is 11.3 Å². The molecule has 0 radical (unpaired) electrons. The first-order chi connectivity index (χ1) is 16.1. The Morgan fingerprint density at radius 1 is 1.09 bits per heavy atom. The van der Waals surface area contributed by atoms with E-state index < -0.39 is 0 Å². The summed E-state index contributed by atoms with van der Waals surface area (Å²) in [6.45, 7) is 3.93. The number of urea groups is 1. The summed E-state index contributed by atoms with van der Waals surface area (Å²) in [4.78, 5) is 31.7. The highest BCUT2D eigenvalue weighted by Crippen LogP contribution is 2.26. The summed E-state index contributed by atoms with van der Waals surface area (Å²) in [7, 11) is 0. The lowest BCUT2D eigenvalue weighted by atomic mass is 9.96. The summed E-state index contributed by atoms with van der Waals surface area (Å²) in [6, 6.07) is 17.2. The van der Waals surface area contributed by atoms with Crippen LogP contribution in [0.2, 0.25) is 0 Å². The summed E-state index contributed by atoms with van der Waals surface area (Å²) in [6.07, 6.45) is 1.28. The zero-order valence-corrected chi connectivity index (χ0v) is 19.4. The van der Waals surface area contributed by atoms with Crippen molar-refractivity contribution in [2.45, 2.75) is 26.3 Å². The van der Waals surface area contributed by atoms with Gasteiger partial charge in [-0.15, -0.1) is 11.3 Å². The molecule has 33 heavy (non-hydrogen) atoms. The molecule has 1 aliphatic rings. The second kappa shape index (κ2) is 11.0. The fourth-order valence-electron chi connectivity index (χ4n) is 3.81. The number of para-hydroxylation sites is 2. The molecule has 0 spiro atoms. The molecule has 0 atom stereocenters. The van der Waals surface area contributed by atoms with E-state index in [1.807, 2.05) is 66.9 Å². The van der Waals surface area contributed by atoms with Gasteiger partial charge in [0.1, 0.15) is 10.8 Å². The van der Waals surface area contributed by atoms with E-state index in [1.165, 1.54) is 0 Å². The van der Waals surface area contributed by atoms with E-state index in [-0.39, 0.29) is 17.9 Å². The lowest BCUT2D eigenvalue weighted by Crippen LogP contribution is -2.44. The van der Waals surface area contributed by atoms with Crippen molar-refractivity contribution in [3.8, 4) is 16.3 Å². The predicted octanol–water partition coefficient (Wildman–Crippen LogP) is 4.77. The largest absolute Gasteiger partial charge is 0.492 e. The molecule has 8 heteroatoms. The zero-order valence-electron chi connectivity index (χ0n) is 18.6. The minimum atomic E-state index is -0.170. The molecule has 0 saturated carbocycles. The molecule has 1 aliphatic heterocycles. The molecule has 1 fully saturated rings. The second-order valence-corrected chi connectivity index (χ2v) is 8.71. The molecule has 0 unspecified atom stereocenters. The number of carbonyl (C=O) groups excluding carboxylic acids is 2. The van der Waals surface area contributed by atoms with Gasteiger partial charge in [-0.3, -0.25) is 4.79 Å². The van der Waals surface area contributed by atoms with Crippen molar-refractivity contribution in [1.82, 2.24) is 15.2 Å². The van der Waals surface area contributed by atoms with Crippen LogP contribution in [-0.4, -0.2) is 41.5 Å². The first kappa shape index (κ1) is 22.8. The Morgan fingerprint density at radius 3 is 2.58 bits per heavy atom. The van der Waals surface area contributed by atoms with Crippen LogP contribution in [0.1, 0.15) is 25.5 Å². The Kier molecular flexibility index (Phi) is 7.57. The standard InChI is InChI=1S/C25H28N4O3S/c1-2-32-22-11-7-6-10-21(22)28-25(31)29-14-12-18(13-15-29)23(30)26-16-20-17-33-24(27-20)19-8-4-3-5-9-19/h3-11,17-18H,2,12-16H2,1H3,(H,26,30)(H,28,31). The first-order valence-corrected chi connectivity index (χ1v) is 12.1. The Balaban J connectivity index is 1.24. The van der Waals surface area contributed by atoms with Crippen molar-refractivity contribution < 1.29 is 14.3 Å². The Bertz CT molecular complexity index is 1080. The Labute approximate surface area is 197 Å². The molecule has 2 aromatic carbocycles. The maximum absolute atomic E-state index is 12.7. The maximum Gasteiger partial charge on any atom is 0.321 e. The van der Waals surface area contributed by atoms with Crippen LogP contribution >= 0.6 is 11.3 Å². The van der Waals surface area contributed by atoms with E-state index in [9.17, 15) is 9.59 Å². The summed E-state index contributed by atoms with van der Waals surface area (Å²) in [5, 5.41) is 8.87. The number of nitrogens with zero attached hydrogens (tertiary/aromatic N) is 2. The number of benzene rings is 2. The Morgan fingerprint density at radius 2 is 1.82 bits per heavy atom. The van der Waals surface area contributed by atoms with Crippen LogP contribution in [0.25, 0.3) is 10.6 Å². The number of likely N-dealkylation sites (tertiary alicyclic amines) is 1. The number of nitrogens with one attached hydrogen (secondary N) is 2. The van der Waals surface area contributed by atoms with Crippen molar-refractivity contribution in [3.05, 3.63) is 65.7 Å². The number of rotatable bonds is 7. The number of amides is 3. The van der Waals surface area contributed by atoms with Gasteiger partial charge in [-0.25, -0.2) is 9.78 Å². The number of ether oxygens (including phenoxy) is 1. The van der Waals surface area contributed by atoms with Gasteiger partial charge in [0, 0.05) is 30.0 Å². The quantitative estimate of drug-likeness (QED) is 0.528. The molecular formula is C25H28N4O3S. The monoisotopic (exact) mass is 464 g/mol. The SMILES string of the molecule is CCOc1ccccc1NC(=O)N1CCC(C(=O)NCc2csc(-c3ccccc3)n2)CC1. The smallest absolute Gasteiger partial charge is 0.321 e. The van der Waals surface area contributed by atoms with Gasteiger partial charge in [0.05, 0.1) is 24.5 Å². The molecule has 7 nitrogen and oxygen atoms in total. The van der Waals surface area contributed by atoms with Crippen LogP contribution in [0.3, 0.4) is 0 Å². The van der Waals surface area contributed by atoms with Gasteiger partial charge in [0.15, 0.2) is 0 Å². The fourth-order valence-corrected chi connectivity index (χ4v) is 4.64. The normalized spacial score (nSPS) is 14.0. The van der Waals surface area contributed by atoms with Crippen LogP contribution in [0.4, 0.5) is 10.5 Å². The number of carbonyl (C=O) groups is 2. The molecule has 1 aromatic heterocycles. The summed E-state index contributed by atoms with van der Waals surface area (Å²) >= 11 is 1.58. The summed E-state index contributed by atoms with van der Waals surface area (Å²) in [5.74, 6) is 0.572. The third-order valence-electron chi connectivity index (χ3n) is 5.60. The number of piperidine rings is 1. The molecule has 3 aromatic rings. The van der Waals surface area contributed by atoms with E-state index in [0.717, 1.165) is 16.3 Å². The number of thiazole rings is 1. The van der Waals surface area contributed by atoms with Gasteiger partial charge < -0.3 is 20.3 Å². The van der Waals surface area contributed by atoms with Gasteiger partial charge in [-0.05, 0) is 31.9 Å². The highest BCUT2D eigenvalue weighted by molar-refractivity contribution is 7.13. The van der Waals surface area contributed by atoms with Gasteiger partial charge in [0.25, 0.3) is 0 Å². The average Bonchev–Trinajstić information content (AvgIpc) is 3.34. The molecule has 4 rings (SSSR count). The Hall–Kier alpha value is -3.39. The highest BCUT2D eigenvalue weighted by atomic mass is 32.1. The van der Waals surface area contributed by atoms with Crippen LogP contribution in [0, 0.1) is 5.92 Å². The molecule has 172 valence electrons. The van der Waals surface area contributed by atoms with Crippen molar-refractivity contribution in [3.63, 3.8) is 0 Å². The van der Waals surface area contributed by atoms with E-state index >= 15 is 0 Å². The van der Waals surface area contributed by atoms with E-state index in [4.69, 9.17) is 4.74 Å². The zero-order chi connectivity index (χ0) is 23.0. The van der Waals surface area contributed by atoms with Crippen LogP contribution < -0.4 is 15.4 Å². The third kappa shape index (κ3) is 5.90. The fraction of sp³-hybridized carbons (Fsp3) is 0.320. The first-order valence-electron chi connectivity index (χ1n) is 11.2. The number of aromatic nitrogens is 1. The molecule has 1 saturated heterocycles. The van der Waals surface area contributed by atoms with Crippen LogP contribution in [0.15, 0.2) is 60.0 Å². The summed E-state index contributed by atoms with van der Waals surface area (Å²) < 4.78 is 5.57. The topological polar surface area (TPSA) is 83.6 Å².